The fourth-order valence-electron chi connectivity index (χ4n) is 3.82. The van der Waals surface area contributed by atoms with Crippen molar-refractivity contribution in [2.75, 3.05) is 36.0 Å². The average Bonchev–Trinajstić information content (AvgIpc) is 3.40. The summed E-state index contributed by atoms with van der Waals surface area (Å²) in [6.45, 7) is 4.07. The van der Waals surface area contributed by atoms with Crippen molar-refractivity contribution in [2.24, 2.45) is 10.2 Å². The quantitative estimate of drug-likeness (QED) is 0.493. The second kappa shape index (κ2) is 8.09. The highest BCUT2D eigenvalue weighted by Gasteiger charge is 2.18. The fourth-order valence-corrected chi connectivity index (χ4v) is 3.94. The third kappa shape index (κ3) is 3.98. The van der Waals surface area contributed by atoms with Crippen LogP contribution in [0.5, 0.6) is 0 Å². The second-order valence-corrected chi connectivity index (χ2v) is 7.40. The number of hydrogen-bond acceptors (Lipinski definition) is 5. The number of para-hydroxylation sites is 1. The van der Waals surface area contributed by atoms with Gasteiger partial charge in [0.15, 0.2) is 0 Å². The van der Waals surface area contributed by atoms with Gasteiger partial charge in [-0.1, -0.05) is 12.1 Å². The van der Waals surface area contributed by atoms with E-state index in [0.29, 0.717) is 5.56 Å². The second-order valence-electron chi connectivity index (χ2n) is 7.05. The lowest BCUT2D eigenvalue weighted by atomic mass is 10.1. The van der Waals surface area contributed by atoms with Crippen molar-refractivity contribution < 1.29 is 4.79 Å². The number of carbonyl (C=O) groups excluding carboxylic acids is 1. The molecule has 0 bridgehead atoms. The SMILES string of the molecule is O=C(Cl)c1ccc(N=Nc2ccccc2N2CCCC2)c(N2CCCC2)c1. The van der Waals surface area contributed by atoms with Gasteiger partial charge in [0.2, 0.25) is 0 Å². The third-order valence-electron chi connectivity index (χ3n) is 5.24. The Morgan fingerprint density at radius 1 is 0.778 bits per heavy atom. The summed E-state index contributed by atoms with van der Waals surface area (Å²) in [5.74, 6) is 0. The first-order valence-electron chi connectivity index (χ1n) is 9.57. The van der Waals surface area contributed by atoms with E-state index in [0.717, 1.165) is 61.8 Å². The van der Waals surface area contributed by atoms with E-state index in [4.69, 9.17) is 11.6 Å². The smallest absolute Gasteiger partial charge is 0.252 e. The third-order valence-corrected chi connectivity index (χ3v) is 5.46. The first-order valence-corrected chi connectivity index (χ1v) is 9.95. The zero-order valence-electron chi connectivity index (χ0n) is 15.3. The number of carbonyl (C=O) groups is 1. The number of hydrogen-bond donors (Lipinski definition) is 0. The van der Waals surface area contributed by atoms with E-state index in [-0.39, 0.29) is 0 Å². The first kappa shape index (κ1) is 18.0. The van der Waals surface area contributed by atoms with E-state index in [1.165, 1.54) is 12.8 Å². The maximum atomic E-state index is 11.6. The van der Waals surface area contributed by atoms with Crippen molar-refractivity contribution in [1.29, 1.82) is 0 Å². The molecule has 0 spiro atoms. The summed E-state index contributed by atoms with van der Waals surface area (Å²) in [5.41, 5.74) is 4.21. The molecule has 0 unspecified atom stereocenters. The number of nitrogens with zero attached hydrogens (tertiary/aromatic N) is 4. The van der Waals surface area contributed by atoms with Crippen LogP contribution in [0.15, 0.2) is 52.7 Å². The molecule has 5 nitrogen and oxygen atoms in total. The molecule has 6 heteroatoms. The van der Waals surface area contributed by atoms with Crippen molar-refractivity contribution in [3.8, 4) is 0 Å². The molecular formula is C21H23ClN4O. The van der Waals surface area contributed by atoms with Crippen LogP contribution in [0, 0.1) is 0 Å². The molecule has 0 radical (unpaired) electrons. The van der Waals surface area contributed by atoms with Crippen molar-refractivity contribution >= 4 is 39.6 Å². The van der Waals surface area contributed by atoms with Crippen molar-refractivity contribution in [1.82, 2.24) is 0 Å². The van der Waals surface area contributed by atoms with Crippen molar-refractivity contribution in [3.63, 3.8) is 0 Å². The molecule has 2 aliphatic rings. The Hall–Kier alpha value is -2.40. The number of benzene rings is 2. The van der Waals surface area contributed by atoms with E-state index in [1.807, 2.05) is 30.3 Å². The van der Waals surface area contributed by atoms with Crippen LogP contribution in [0.2, 0.25) is 0 Å². The summed E-state index contributed by atoms with van der Waals surface area (Å²) in [6, 6.07) is 13.5. The minimum atomic E-state index is -0.446. The van der Waals surface area contributed by atoms with Crippen LogP contribution >= 0.6 is 11.6 Å². The standard InChI is InChI=1S/C21H23ClN4O/c22-21(27)16-9-10-18(20(15-16)26-13-5-6-14-26)24-23-17-7-1-2-8-19(17)25-11-3-4-12-25/h1-2,7-10,15H,3-6,11-14H2. The lowest BCUT2D eigenvalue weighted by Crippen LogP contribution is -2.18. The molecule has 4 rings (SSSR count). The molecular weight excluding hydrogens is 360 g/mol. The molecule has 0 aromatic heterocycles. The Balaban J connectivity index is 1.67. The van der Waals surface area contributed by atoms with E-state index in [1.54, 1.807) is 6.07 Å². The summed E-state index contributed by atoms with van der Waals surface area (Å²) in [7, 11) is 0. The molecule has 2 heterocycles. The minimum absolute atomic E-state index is 0.446. The average molecular weight is 383 g/mol. The molecule has 2 fully saturated rings. The van der Waals surface area contributed by atoms with Gasteiger partial charge in [0, 0.05) is 31.7 Å². The molecule has 2 aliphatic heterocycles. The Labute approximate surface area is 164 Å². The monoisotopic (exact) mass is 382 g/mol. The minimum Gasteiger partial charge on any atom is -0.370 e. The first-order chi connectivity index (χ1) is 13.2. The molecule has 2 saturated heterocycles. The zero-order valence-corrected chi connectivity index (χ0v) is 16.0. The van der Waals surface area contributed by atoms with Gasteiger partial charge in [-0.05, 0) is 67.6 Å². The van der Waals surface area contributed by atoms with Gasteiger partial charge in [0.1, 0.15) is 11.4 Å². The molecule has 140 valence electrons. The van der Waals surface area contributed by atoms with Crippen LogP contribution in [-0.2, 0) is 0 Å². The topological polar surface area (TPSA) is 48.3 Å². The highest BCUT2D eigenvalue weighted by Crippen LogP contribution is 2.36. The fraction of sp³-hybridized carbons (Fsp3) is 0.381. The maximum Gasteiger partial charge on any atom is 0.252 e. The normalized spacial score (nSPS) is 17.2. The summed E-state index contributed by atoms with van der Waals surface area (Å²) < 4.78 is 0. The maximum absolute atomic E-state index is 11.6. The Morgan fingerprint density at radius 3 is 1.96 bits per heavy atom. The molecule has 0 amide bonds. The van der Waals surface area contributed by atoms with Gasteiger partial charge in [-0.25, -0.2) is 0 Å². The molecule has 2 aromatic rings. The summed E-state index contributed by atoms with van der Waals surface area (Å²) in [6.07, 6.45) is 4.73. The van der Waals surface area contributed by atoms with Crippen LogP contribution in [0.3, 0.4) is 0 Å². The Morgan fingerprint density at radius 2 is 1.33 bits per heavy atom. The number of halogens is 1. The van der Waals surface area contributed by atoms with Crippen molar-refractivity contribution in [3.05, 3.63) is 48.0 Å². The van der Waals surface area contributed by atoms with Gasteiger partial charge >= 0.3 is 0 Å². The number of rotatable bonds is 5. The molecule has 0 aliphatic carbocycles. The summed E-state index contributed by atoms with van der Waals surface area (Å²) in [5, 5.41) is 8.68. The van der Waals surface area contributed by atoms with Gasteiger partial charge in [0.25, 0.3) is 5.24 Å². The number of azo groups is 1. The van der Waals surface area contributed by atoms with Gasteiger partial charge in [-0.3, -0.25) is 4.79 Å². The number of anilines is 2. The highest BCUT2D eigenvalue weighted by atomic mass is 35.5. The van der Waals surface area contributed by atoms with Crippen LogP contribution in [-0.4, -0.2) is 31.4 Å². The van der Waals surface area contributed by atoms with E-state index >= 15 is 0 Å². The van der Waals surface area contributed by atoms with Crippen LogP contribution in [0.1, 0.15) is 36.0 Å². The molecule has 0 N–H and O–H groups in total. The van der Waals surface area contributed by atoms with Crippen molar-refractivity contribution in [2.45, 2.75) is 25.7 Å². The largest absolute Gasteiger partial charge is 0.370 e. The Bertz CT molecular complexity index is 855. The molecule has 0 atom stereocenters. The van der Waals surface area contributed by atoms with Gasteiger partial charge in [0.05, 0.1) is 11.4 Å². The summed E-state index contributed by atoms with van der Waals surface area (Å²) in [4.78, 5) is 16.2. The van der Waals surface area contributed by atoms with E-state index in [9.17, 15) is 4.79 Å². The molecule has 2 aromatic carbocycles. The zero-order chi connectivity index (χ0) is 18.6. The molecule has 27 heavy (non-hydrogen) atoms. The summed E-state index contributed by atoms with van der Waals surface area (Å²) >= 11 is 5.68. The predicted octanol–water partition coefficient (Wildman–Crippen LogP) is 5.68. The predicted molar refractivity (Wildman–Crippen MR) is 110 cm³/mol. The van der Waals surface area contributed by atoms with Gasteiger partial charge in [-0.2, -0.15) is 0 Å². The highest BCUT2D eigenvalue weighted by molar-refractivity contribution is 6.67. The van der Waals surface area contributed by atoms with Crippen LogP contribution in [0.25, 0.3) is 0 Å². The lowest BCUT2D eigenvalue weighted by molar-refractivity contribution is 0.108. The van der Waals surface area contributed by atoms with Gasteiger partial charge in [-0.15, -0.1) is 10.2 Å². The Kier molecular flexibility index (Phi) is 5.39. The van der Waals surface area contributed by atoms with Crippen LogP contribution < -0.4 is 9.80 Å². The van der Waals surface area contributed by atoms with Crippen LogP contribution in [0.4, 0.5) is 22.7 Å². The van der Waals surface area contributed by atoms with E-state index < -0.39 is 5.24 Å². The lowest BCUT2D eigenvalue weighted by Gasteiger charge is -2.20. The van der Waals surface area contributed by atoms with Gasteiger partial charge < -0.3 is 9.80 Å². The molecule has 0 saturated carbocycles. The van der Waals surface area contributed by atoms with E-state index in [2.05, 4.69) is 26.1 Å².